The van der Waals surface area contributed by atoms with Crippen molar-refractivity contribution in [3.63, 3.8) is 0 Å². The van der Waals surface area contributed by atoms with Gasteiger partial charge in [0.1, 0.15) is 17.4 Å². The van der Waals surface area contributed by atoms with Crippen molar-refractivity contribution in [1.82, 2.24) is 0 Å². The number of benzene rings is 4. The number of non-ortho nitro benzene ring substituents is 1. The van der Waals surface area contributed by atoms with Crippen molar-refractivity contribution in [2.45, 2.75) is 0 Å². The van der Waals surface area contributed by atoms with Crippen LogP contribution in [0, 0.1) is 21.4 Å². The van der Waals surface area contributed by atoms with Gasteiger partial charge in [-0.05, 0) is 47.2 Å². The van der Waals surface area contributed by atoms with Crippen LogP contribution >= 0.6 is 27.5 Å². The van der Waals surface area contributed by atoms with Crippen molar-refractivity contribution >= 4 is 67.6 Å². The molecule has 0 unspecified atom stereocenters. The van der Waals surface area contributed by atoms with E-state index in [1.54, 1.807) is 30.3 Å². The molecule has 1 amide bonds. The number of ether oxygens (including phenoxy) is 1. The van der Waals surface area contributed by atoms with Gasteiger partial charge in [-0.15, -0.1) is 0 Å². The van der Waals surface area contributed by atoms with E-state index in [4.69, 9.17) is 16.3 Å². The first kappa shape index (κ1) is 25.6. The van der Waals surface area contributed by atoms with Crippen molar-refractivity contribution < 1.29 is 19.2 Å². The lowest BCUT2D eigenvalue weighted by molar-refractivity contribution is -0.384. The number of nitrogens with one attached hydrogen (secondary N) is 1. The molecule has 4 aromatic rings. The van der Waals surface area contributed by atoms with E-state index in [2.05, 4.69) is 21.2 Å². The Labute approximate surface area is 224 Å². The van der Waals surface area contributed by atoms with Crippen LogP contribution < -0.4 is 10.1 Å². The van der Waals surface area contributed by atoms with Crippen LogP contribution in [0.2, 0.25) is 5.02 Å². The molecule has 1 N–H and O–H groups in total. The van der Waals surface area contributed by atoms with E-state index in [1.165, 1.54) is 24.3 Å². The van der Waals surface area contributed by atoms with E-state index >= 15 is 0 Å². The number of anilines is 1. The fourth-order valence-corrected chi connectivity index (χ4v) is 4.04. The summed E-state index contributed by atoms with van der Waals surface area (Å²) in [6.07, 6.45) is 1.25. The van der Waals surface area contributed by atoms with Crippen LogP contribution in [0.5, 0.6) is 5.75 Å². The fourth-order valence-electron chi connectivity index (χ4n) is 3.50. The van der Waals surface area contributed by atoms with E-state index in [0.29, 0.717) is 10.0 Å². The molecule has 0 fully saturated rings. The van der Waals surface area contributed by atoms with Crippen molar-refractivity contribution in [2.75, 3.05) is 5.32 Å². The van der Waals surface area contributed by atoms with Crippen LogP contribution in [0.25, 0.3) is 16.8 Å². The summed E-state index contributed by atoms with van der Waals surface area (Å²) < 4.78 is 6.27. The summed E-state index contributed by atoms with van der Waals surface area (Å²) in [6, 6.07) is 22.8. The van der Waals surface area contributed by atoms with Crippen molar-refractivity contribution in [1.29, 1.82) is 5.26 Å². The van der Waals surface area contributed by atoms with E-state index in [0.717, 1.165) is 16.8 Å². The number of halogens is 2. The zero-order valence-corrected chi connectivity index (χ0v) is 21.1. The standard InChI is InChI=1S/C27H15BrClN3O5/c28-19-8-11-25(37-27(34)22-7-3-5-16-4-1-2-6-21(16)22)17(13-19)12-18(15-30)26(33)31-24-14-20(32(35)36)9-10-23(24)29/h1-14H,(H,31,33)/b18-12+. The van der Waals surface area contributed by atoms with E-state index in [1.807, 2.05) is 30.3 Å². The van der Waals surface area contributed by atoms with Crippen molar-refractivity contribution in [2.24, 2.45) is 0 Å². The SMILES string of the molecule is N#C/C(=C\c1cc(Br)ccc1OC(=O)c1cccc2ccccc12)C(=O)Nc1cc([N+](=O)[O-])ccc1Cl. The average Bonchev–Trinajstić information content (AvgIpc) is 2.89. The van der Waals surface area contributed by atoms with Gasteiger partial charge in [0.2, 0.25) is 0 Å². The number of rotatable bonds is 6. The quantitative estimate of drug-likeness (QED) is 0.0663. The van der Waals surface area contributed by atoms with Gasteiger partial charge in [0.05, 0.1) is 21.2 Å². The molecule has 4 aromatic carbocycles. The lowest BCUT2D eigenvalue weighted by atomic mass is 10.0. The molecule has 0 saturated heterocycles. The molecule has 37 heavy (non-hydrogen) atoms. The maximum absolute atomic E-state index is 13.1. The Morgan fingerprint density at radius 1 is 1.05 bits per heavy atom. The molecule has 0 saturated carbocycles. The molecule has 0 heterocycles. The number of carbonyl (C=O) groups excluding carboxylic acids is 2. The third-order valence-electron chi connectivity index (χ3n) is 5.26. The van der Waals surface area contributed by atoms with Gasteiger partial charge in [-0.1, -0.05) is 63.9 Å². The van der Waals surface area contributed by atoms with Crippen molar-refractivity contribution in [3.8, 4) is 11.8 Å². The highest BCUT2D eigenvalue weighted by Gasteiger charge is 2.18. The molecule has 182 valence electrons. The number of nitriles is 1. The summed E-state index contributed by atoms with van der Waals surface area (Å²) in [4.78, 5) is 36.3. The van der Waals surface area contributed by atoms with Crippen LogP contribution in [0.1, 0.15) is 15.9 Å². The average molecular weight is 577 g/mol. The molecule has 0 radical (unpaired) electrons. The minimum atomic E-state index is -0.851. The number of hydrogen-bond donors (Lipinski definition) is 1. The predicted octanol–water partition coefficient (Wildman–Crippen LogP) is 6.93. The lowest BCUT2D eigenvalue weighted by Crippen LogP contribution is -2.14. The van der Waals surface area contributed by atoms with E-state index < -0.39 is 16.8 Å². The molecule has 0 atom stereocenters. The first-order valence-corrected chi connectivity index (χ1v) is 11.8. The molecule has 0 bridgehead atoms. The van der Waals surface area contributed by atoms with E-state index in [9.17, 15) is 25.0 Å². The molecule has 0 aliphatic rings. The van der Waals surface area contributed by atoms with Crippen LogP contribution in [0.15, 0.2) is 88.9 Å². The zero-order chi connectivity index (χ0) is 26.5. The van der Waals surface area contributed by atoms with Gasteiger partial charge in [0, 0.05) is 22.2 Å². The van der Waals surface area contributed by atoms with Gasteiger partial charge < -0.3 is 10.1 Å². The number of nitro groups is 1. The van der Waals surface area contributed by atoms with Crippen LogP contribution in [0.3, 0.4) is 0 Å². The fraction of sp³-hybridized carbons (Fsp3) is 0. The highest BCUT2D eigenvalue weighted by molar-refractivity contribution is 9.10. The second-order valence-electron chi connectivity index (χ2n) is 7.64. The largest absolute Gasteiger partial charge is 0.422 e. The zero-order valence-electron chi connectivity index (χ0n) is 18.8. The number of hydrogen-bond acceptors (Lipinski definition) is 6. The number of carbonyl (C=O) groups is 2. The monoisotopic (exact) mass is 575 g/mol. The second-order valence-corrected chi connectivity index (χ2v) is 8.97. The lowest BCUT2D eigenvalue weighted by Gasteiger charge is -2.11. The van der Waals surface area contributed by atoms with Gasteiger partial charge in [-0.3, -0.25) is 14.9 Å². The minimum Gasteiger partial charge on any atom is -0.422 e. The summed E-state index contributed by atoms with van der Waals surface area (Å²) in [5, 5.41) is 24.8. The van der Waals surface area contributed by atoms with Gasteiger partial charge >= 0.3 is 5.97 Å². The highest BCUT2D eigenvalue weighted by Crippen LogP contribution is 2.30. The third-order valence-corrected chi connectivity index (χ3v) is 6.08. The minimum absolute atomic E-state index is 0.0288. The number of esters is 1. The van der Waals surface area contributed by atoms with Crippen LogP contribution in [0.4, 0.5) is 11.4 Å². The molecule has 0 spiro atoms. The predicted molar refractivity (Wildman–Crippen MR) is 143 cm³/mol. The Morgan fingerprint density at radius 3 is 2.57 bits per heavy atom. The van der Waals surface area contributed by atoms with Gasteiger partial charge in [-0.2, -0.15) is 5.26 Å². The Kier molecular flexibility index (Phi) is 7.63. The summed E-state index contributed by atoms with van der Waals surface area (Å²) in [5.41, 5.74) is -0.0203. The summed E-state index contributed by atoms with van der Waals surface area (Å²) in [5.74, 6) is -1.34. The Morgan fingerprint density at radius 2 is 1.81 bits per heavy atom. The molecule has 8 nitrogen and oxygen atoms in total. The Bertz CT molecular complexity index is 1640. The highest BCUT2D eigenvalue weighted by atomic mass is 79.9. The van der Waals surface area contributed by atoms with Gasteiger partial charge in [-0.25, -0.2) is 4.79 Å². The number of nitro benzene ring substituents is 1. The molecule has 4 rings (SSSR count). The third kappa shape index (κ3) is 5.83. The van der Waals surface area contributed by atoms with Gasteiger partial charge in [0.25, 0.3) is 11.6 Å². The maximum atomic E-state index is 13.1. The summed E-state index contributed by atoms with van der Waals surface area (Å²) >= 11 is 9.39. The normalized spacial score (nSPS) is 11.0. The number of fused-ring (bicyclic) bond motifs is 1. The topological polar surface area (TPSA) is 122 Å². The van der Waals surface area contributed by atoms with Crippen LogP contribution in [-0.2, 0) is 4.79 Å². The molecule has 0 aliphatic heterocycles. The molecular formula is C27H15BrClN3O5. The molecular weight excluding hydrogens is 562 g/mol. The first-order chi connectivity index (χ1) is 17.8. The first-order valence-electron chi connectivity index (χ1n) is 10.6. The maximum Gasteiger partial charge on any atom is 0.344 e. The number of amides is 1. The molecule has 0 aliphatic carbocycles. The van der Waals surface area contributed by atoms with E-state index in [-0.39, 0.29) is 33.3 Å². The second kappa shape index (κ2) is 11.0. The molecule has 10 heteroatoms. The smallest absolute Gasteiger partial charge is 0.344 e. The number of nitrogens with zero attached hydrogens (tertiary/aromatic N) is 2. The Hall–Kier alpha value is -4.52. The van der Waals surface area contributed by atoms with Crippen molar-refractivity contribution in [3.05, 3.63) is 115 Å². The summed E-state index contributed by atoms with van der Waals surface area (Å²) in [7, 11) is 0. The Balaban J connectivity index is 1.65. The van der Waals surface area contributed by atoms with Gasteiger partial charge in [0.15, 0.2) is 0 Å². The van der Waals surface area contributed by atoms with Crippen LogP contribution in [-0.4, -0.2) is 16.8 Å². The summed E-state index contributed by atoms with van der Waals surface area (Å²) in [6.45, 7) is 0. The molecule has 0 aromatic heterocycles.